The molecule has 0 aliphatic heterocycles. The maximum Gasteiger partial charge on any atom is 0.306 e. The average molecular weight is 901 g/mol. The average Bonchev–Trinajstić information content (AvgIpc) is 3.30. The first-order valence-electron chi connectivity index (χ1n) is 26.4. The van der Waals surface area contributed by atoms with E-state index in [9.17, 15) is 14.4 Å². The molecule has 0 saturated carbocycles. The van der Waals surface area contributed by atoms with Gasteiger partial charge in [-0.25, -0.2) is 0 Å². The van der Waals surface area contributed by atoms with Gasteiger partial charge in [-0.2, -0.15) is 0 Å². The second kappa shape index (κ2) is 52.7. The van der Waals surface area contributed by atoms with Crippen LogP contribution in [0.3, 0.4) is 0 Å². The number of esters is 3. The number of carbonyl (C=O) groups excluding carboxylic acids is 3. The van der Waals surface area contributed by atoms with Gasteiger partial charge in [-0.1, -0.05) is 207 Å². The van der Waals surface area contributed by atoms with E-state index in [0.717, 1.165) is 141 Å². The zero-order valence-electron chi connectivity index (χ0n) is 42.0. The van der Waals surface area contributed by atoms with E-state index in [0.29, 0.717) is 19.3 Å². The van der Waals surface area contributed by atoms with E-state index in [1.165, 1.54) is 44.9 Å². The highest BCUT2D eigenvalue weighted by molar-refractivity contribution is 5.71. The van der Waals surface area contributed by atoms with Crippen LogP contribution in [0.15, 0.2) is 109 Å². The molecule has 0 aromatic carbocycles. The molecule has 0 radical (unpaired) electrons. The molecule has 6 heteroatoms. The summed E-state index contributed by atoms with van der Waals surface area (Å²) in [5, 5.41) is 0. The Morgan fingerprint density at radius 2 is 0.677 bits per heavy atom. The molecule has 368 valence electrons. The standard InChI is InChI=1S/C59H96O6/c1-4-7-10-13-16-19-22-24-26-28-30-32-33-35-37-40-43-46-49-52-58(61)64-55-56(54-63-57(60)51-48-45-42-39-21-18-15-12-9-6-3)65-59(62)53-50-47-44-41-38-36-34-31-29-27-25-23-20-17-14-11-8-5-2/h7,10,15-16,18-19,23-27,29-32,34-35,37,56H,4-6,8-9,11-14,17,20-22,28,33,36,38-55H2,1-3H3/b10-7-,18-15-,19-16-,25-23-,26-24-,29-27-,32-30-,34-31-,37-35-. The third kappa shape index (κ3) is 50.9. The van der Waals surface area contributed by atoms with E-state index in [1.807, 2.05) is 0 Å². The van der Waals surface area contributed by atoms with E-state index in [-0.39, 0.29) is 31.1 Å². The minimum absolute atomic E-state index is 0.105. The molecule has 0 aliphatic rings. The topological polar surface area (TPSA) is 78.9 Å². The zero-order chi connectivity index (χ0) is 47.2. The predicted molar refractivity (Wildman–Crippen MR) is 279 cm³/mol. The molecular weight excluding hydrogens is 805 g/mol. The molecule has 1 unspecified atom stereocenters. The van der Waals surface area contributed by atoms with Crippen molar-refractivity contribution in [1.29, 1.82) is 0 Å². The minimum Gasteiger partial charge on any atom is -0.462 e. The van der Waals surface area contributed by atoms with Crippen molar-refractivity contribution in [2.45, 2.75) is 232 Å². The molecule has 0 heterocycles. The number of ether oxygens (including phenoxy) is 3. The van der Waals surface area contributed by atoms with Gasteiger partial charge >= 0.3 is 17.9 Å². The third-order valence-corrected chi connectivity index (χ3v) is 10.8. The smallest absolute Gasteiger partial charge is 0.306 e. The highest BCUT2D eigenvalue weighted by atomic mass is 16.6. The fourth-order valence-electron chi connectivity index (χ4n) is 6.80. The van der Waals surface area contributed by atoms with Gasteiger partial charge in [0, 0.05) is 19.3 Å². The van der Waals surface area contributed by atoms with Crippen LogP contribution < -0.4 is 0 Å². The maximum absolute atomic E-state index is 12.8. The van der Waals surface area contributed by atoms with Crippen LogP contribution in [0.1, 0.15) is 226 Å². The van der Waals surface area contributed by atoms with Crippen LogP contribution in [-0.2, 0) is 28.6 Å². The fraction of sp³-hybridized carbons (Fsp3) is 0.644. The van der Waals surface area contributed by atoms with Crippen molar-refractivity contribution in [1.82, 2.24) is 0 Å². The lowest BCUT2D eigenvalue weighted by atomic mass is 10.1. The van der Waals surface area contributed by atoms with E-state index < -0.39 is 6.10 Å². The summed E-state index contributed by atoms with van der Waals surface area (Å²) >= 11 is 0. The van der Waals surface area contributed by atoms with Crippen molar-refractivity contribution in [2.24, 2.45) is 0 Å². The van der Waals surface area contributed by atoms with E-state index in [2.05, 4.69) is 130 Å². The quantitative estimate of drug-likeness (QED) is 0.0199. The normalized spacial score (nSPS) is 13.0. The number of hydrogen-bond donors (Lipinski definition) is 0. The summed E-state index contributed by atoms with van der Waals surface area (Å²) in [6.45, 7) is 6.39. The Bertz CT molecular complexity index is 1360. The Kier molecular flexibility index (Phi) is 49.5. The van der Waals surface area contributed by atoms with Crippen molar-refractivity contribution >= 4 is 17.9 Å². The molecule has 0 fully saturated rings. The lowest BCUT2D eigenvalue weighted by Crippen LogP contribution is -2.30. The number of hydrogen-bond acceptors (Lipinski definition) is 6. The third-order valence-electron chi connectivity index (χ3n) is 10.8. The van der Waals surface area contributed by atoms with Crippen LogP contribution in [-0.4, -0.2) is 37.2 Å². The maximum atomic E-state index is 12.8. The van der Waals surface area contributed by atoms with Gasteiger partial charge in [-0.3, -0.25) is 14.4 Å². The highest BCUT2D eigenvalue weighted by Gasteiger charge is 2.19. The Labute approximate surface area is 400 Å². The molecule has 0 N–H and O–H groups in total. The van der Waals surface area contributed by atoms with Crippen molar-refractivity contribution in [3.8, 4) is 0 Å². The SMILES string of the molecule is CC/C=C\C/C=C\C/C=C\C/C=C\C/C=C\CCCCCC(=O)OCC(COC(=O)CCCCCC/C=C\CCCC)OC(=O)CCCCCCC\C=C/C=C\C=C/CCCCCCC. The molecule has 1 atom stereocenters. The zero-order valence-corrected chi connectivity index (χ0v) is 42.0. The number of rotatable bonds is 46. The van der Waals surface area contributed by atoms with Gasteiger partial charge in [-0.15, -0.1) is 0 Å². The molecule has 6 nitrogen and oxygen atoms in total. The van der Waals surface area contributed by atoms with Gasteiger partial charge in [-0.05, 0) is 109 Å². The Morgan fingerprint density at radius 1 is 0.338 bits per heavy atom. The van der Waals surface area contributed by atoms with Crippen molar-refractivity contribution in [2.75, 3.05) is 13.2 Å². The van der Waals surface area contributed by atoms with Crippen molar-refractivity contribution < 1.29 is 28.6 Å². The summed E-state index contributed by atoms with van der Waals surface area (Å²) < 4.78 is 16.7. The largest absolute Gasteiger partial charge is 0.462 e. The molecule has 0 aliphatic carbocycles. The molecule has 0 saturated heterocycles. The summed E-state index contributed by atoms with van der Waals surface area (Å²) in [5.74, 6) is -0.977. The second-order valence-electron chi connectivity index (χ2n) is 17.1. The lowest BCUT2D eigenvalue weighted by Gasteiger charge is -2.18. The van der Waals surface area contributed by atoms with Gasteiger partial charge in [0.15, 0.2) is 6.10 Å². The minimum atomic E-state index is -0.808. The molecule has 65 heavy (non-hydrogen) atoms. The molecule has 0 rings (SSSR count). The molecule has 0 bridgehead atoms. The van der Waals surface area contributed by atoms with Crippen LogP contribution in [0.2, 0.25) is 0 Å². The number of allylic oxidation sites excluding steroid dienone is 18. The van der Waals surface area contributed by atoms with Crippen LogP contribution in [0, 0.1) is 0 Å². The van der Waals surface area contributed by atoms with Crippen LogP contribution in [0.5, 0.6) is 0 Å². The van der Waals surface area contributed by atoms with E-state index in [4.69, 9.17) is 14.2 Å². The molecule has 0 spiro atoms. The number of carbonyl (C=O) groups is 3. The van der Waals surface area contributed by atoms with Gasteiger partial charge < -0.3 is 14.2 Å². The van der Waals surface area contributed by atoms with Gasteiger partial charge in [0.2, 0.25) is 0 Å². The first kappa shape index (κ1) is 61.1. The van der Waals surface area contributed by atoms with Crippen molar-refractivity contribution in [3.05, 3.63) is 109 Å². The molecule has 0 aromatic heterocycles. The Hall–Kier alpha value is -3.93. The summed E-state index contributed by atoms with van der Waals surface area (Å²) in [5.41, 5.74) is 0. The van der Waals surface area contributed by atoms with Crippen LogP contribution >= 0.6 is 0 Å². The molecule has 0 aromatic rings. The molecular formula is C59H96O6. The fourth-order valence-corrected chi connectivity index (χ4v) is 6.80. The van der Waals surface area contributed by atoms with Crippen LogP contribution in [0.4, 0.5) is 0 Å². The van der Waals surface area contributed by atoms with E-state index >= 15 is 0 Å². The number of unbranched alkanes of at least 4 members (excludes halogenated alkanes) is 19. The first-order valence-corrected chi connectivity index (χ1v) is 26.4. The van der Waals surface area contributed by atoms with E-state index in [1.54, 1.807) is 0 Å². The molecule has 0 amide bonds. The first-order chi connectivity index (χ1) is 32.0. The van der Waals surface area contributed by atoms with Gasteiger partial charge in [0.1, 0.15) is 13.2 Å². The highest BCUT2D eigenvalue weighted by Crippen LogP contribution is 2.12. The van der Waals surface area contributed by atoms with Crippen molar-refractivity contribution in [3.63, 3.8) is 0 Å². The summed E-state index contributed by atoms with van der Waals surface area (Å²) in [7, 11) is 0. The summed E-state index contributed by atoms with van der Waals surface area (Å²) in [6.07, 6.45) is 70.7. The van der Waals surface area contributed by atoms with Gasteiger partial charge in [0.25, 0.3) is 0 Å². The monoisotopic (exact) mass is 901 g/mol. The van der Waals surface area contributed by atoms with Crippen LogP contribution in [0.25, 0.3) is 0 Å². The summed E-state index contributed by atoms with van der Waals surface area (Å²) in [4.78, 5) is 38.0. The Balaban J connectivity index is 4.48. The predicted octanol–water partition coefficient (Wildman–Crippen LogP) is 17.5. The Morgan fingerprint density at radius 3 is 1.14 bits per heavy atom. The summed E-state index contributed by atoms with van der Waals surface area (Å²) in [6, 6.07) is 0. The lowest BCUT2D eigenvalue weighted by molar-refractivity contribution is -0.167. The second-order valence-corrected chi connectivity index (χ2v) is 17.1. The van der Waals surface area contributed by atoms with Gasteiger partial charge in [0.05, 0.1) is 0 Å².